The lowest BCUT2D eigenvalue weighted by atomic mass is 9.95. The smallest absolute Gasteiger partial charge is 0.243 e. The summed E-state index contributed by atoms with van der Waals surface area (Å²) in [4.78, 5) is 12.7. The maximum atomic E-state index is 12.9. The average Bonchev–Trinajstić information content (AvgIpc) is 3.36. The Hall–Kier alpha value is -1.64. The van der Waals surface area contributed by atoms with E-state index in [-0.39, 0.29) is 10.8 Å². The molecule has 1 N–H and O–H groups in total. The summed E-state index contributed by atoms with van der Waals surface area (Å²) in [6.07, 6.45) is 5.66. The lowest BCUT2D eigenvalue weighted by Gasteiger charge is -2.26. The lowest BCUT2D eigenvalue weighted by Crippen LogP contribution is -2.40. The third-order valence-corrected chi connectivity index (χ3v) is 8.46. The van der Waals surface area contributed by atoms with Crippen molar-refractivity contribution in [1.82, 2.24) is 9.62 Å². The lowest BCUT2D eigenvalue weighted by molar-refractivity contribution is -0.122. The standard InChI is InChI=1S/C21H30N2O5S/c1-27-20-6-5-18(29(25,26)23-8-10-28-11-9-23)14-17(20)4-7-21(24)22-19-13-15-2-3-16(19)12-15/h5-6,14-16,19H,2-4,7-13H2,1H3,(H,22,24)/t15-,16-,19+/m0/s1. The molecule has 3 fully saturated rings. The summed E-state index contributed by atoms with van der Waals surface area (Å²) in [5.41, 5.74) is 0.741. The molecule has 1 amide bonds. The second kappa shape index (κ2) is 8.62. The van der Waals surface area contributed by atoms with Gasteiger partial charge in [-0.2, -0.15) is 4.31 Å². The van der Waals surface area contributed by atoms with E-state index < -0.39 is 10.0 Å². The maximum Gasteiger partial charge on any atom is 0.243 e. The van der Waals surface area contributed by atoms with E-state index >= 15 is 0 Å². The molecule has 160 valence electrons. The Balaban J connectivity index is 1.42. The van der Waals surface area contributed by atoms with Crippen LogP contribution in [0.1, 0.15) is 37.7 Å². The first kappa shape index (κ1) is 20.6. The zero-order valence-electron chi connectivity index (χ0n) is 16.9. The summed E-state index contributed by atoms with van der Waals surface area (Å²) in [5, 5.41) is 3.19. The van der Waals surface area contributed by atoms with Gasteiger partial charge in [-0.05, 0) is 61.3 Å². The minimum absolute atomic E-state index is 0.0334. The van der Waals surface area contributed by atoms with Crippen molar-refractivity contribution >= 4 is 15.9 Å². The van der Waals surface area contributed by atoms with Crippen LogP contribution in [0.25, 0.3) is 0 Å². The second-order valence-electron chi connectivity index (χ2n) is 8.34. The van der Waals surface area contributed by atoms with Gasteiger partial charge in [0, 0.05) is 25.6 Å². The number of nitrogens with zero attached hydrogens (tertiary/aromatic N) is 1. The van der Waals surface area contributed by atoms with Gasteiger partial charge in [-0.3, -0.25) is 4.79 Å². The third-order valence-electron chi connectivity index (χ3n) is 6.57. The zero-order valence-corrected chi connectivity index (χ0v) is 17.7. The van der Waals surface area contributed by atoms with Crippen LogP contribution >= 0.6 is 0 Å². The molecule has 2 aliphatic carbocycles. The Labute approximate surface area is 172 Å². The highest BCUT2D eigenvalue weighted by Crippen LogP contribution is 2.44. The first-order chi connectivity index (χ1) is 14.0. The summed E-state index contributed by atoms with van der Waals surface area (Å²) >= 11 is 0. The fourth-order valence-corrected chi connectivity index (χ4v) is 6.45. The van der Waals surface area contributed by atoms with Gasteiger partial charge in [0.15, 0.2) is 0 Å². The number of fused-ring (bicyclic) bond motifs is 2. The van der Waals surface area contributed by atoms with Gasteiger partial charge in [0.05, 0.1) is 25.2 Å². The molecule has 7 nitrogen and oxygen atoms in total. The summed E-state index contributed by atoms with van der Waals surface area (Å²) in [5.74, 6) is 2.07. The van der Waals surface area contributed by atoms with Gasteiger partial charge in [0.2, 0.25) is 15.9 Å². The molecule has 2 saturated carbocycles. The van der Waals surface area contributed by atoms with Crippen molar-refractivity contribution in [2.24, 2.45) is 11.8 Å². The molecule has 1 aliphatic heterocycles. The van der Waals surface area contributed by atoms with Crippen LogP contribution in [-0.4, -0.2) is 58.1 Å². The van der Waals surface area contributed by atoms with Gasteiger partial charge in [0.1, 0.15) is 5.75 Å². The average molecular weight is 423 g/mol. The molecule has 0 spiro atoms. The molecule has 1 aromatic carbocycles. The number of methoxy groups -OCH3 is 1. The Bertz CT molecular complexity index is 851. The molecule has 4 rings (SSSR count). The Morgan fingerprint density at radius 1 is 1.24 bits per heavy atom. The minimum atomic E-state index is -3.58. The van der Waals surface area contributed by atoms with Crippen molar-refractivity contribution < 1.29 is 22.7 Å². The highest BCUT2D eigenvalue weighted by atomic mass is 32.2. The first-order valence-electron chi connectivity index (χ1n) is 10.5. The molecule has 0 radical (unpaired) electrons. The Kier molecular flexibility index (Phi) is 6.13. The van der Waals surface area contributed by atoms with Crippen LogP contribution in [0.3, 0.4) is 0 Å². The molecule has 2 bridgehead atoms. The van der Waals surface area contributed by atoms with E-state index in [2.05, 4.69) is 5.32 Å². The molecule has 29 heavy (non-hydrogen) atoms. The number of morpholine rings is 1. The fraction of sp³-hybridized carbons (Fsp3) is 0.667. The monoisotopic (exact) mass is 422 g/mol. The molecule has 1 saturated heterocycles. The van der Waals surface area contributed by atoms with Crippen molar-refractivity contribution in [1.29, 1.82) is 0 Å². The molecule has 0 unspecified atom stereocenters. The number of hydrogen-bond donors (Lipinski definition) is 1. The predicted octanol–water partition coefficient (Wildman–Crippen LogP) is 1.95. The highest BCUT2D eigenvalue weighted by Gasteiger charge is 2.40. The summed E-state index contributed by atoms with van der Waals surface area (Å²) < 4.78 is 38.0. The molecule has 1 aromatic rings. The molecule has 0 aromatic heterocycles. The van der Waals surface area contributed by atoms with Gasteiger partial charge < -0.3 is 14.8 Å². The van der Waals surface area contributed by atoms with Gasteiger partial charge in [0.25, 0.3) is 0 Å². The number of benzene rings is 1. The van der Waals surface area contributed by atoms with Crippen LogP contribution in [0.5, 0.6) is 5.75 Å². The predicted molar refractivity (Wildman–Crippen MR) is 108 cm³/mol. The molecule has 1 heterocycles. The number of aryl methyl sites for hydroxylation is 1. The fourth-order valence-electron chi connectivity index (χ4n) is 5.00. The third kappa shape index (κ3) is 4.44. The molecule has 8 heteroatoms. The molecular formula is C21H30N2O5S. The molecule has 3 atom stereocenters. The van der Waals surface area contributed by atoms with Gasteiger partial charge in [-0.25, -0.2) is 8.42 Å². The van der Waals surface area contributed by atoms with E-state index in [1.165, 1.54) is 23.6 Å². The molecular weight excluding hydrogens is 392 g/mol. The zero-order chi connectivity index (χ0) is 20.4. The van der Waals surface area contributed by atoms with E-state index in [0.29, 0.717) is 56.9 Å². The first-order valence-corrected chi connectivity index (χ1v) is 12.0. The number of sulfonamides is 1. The van der Waals surface area contributed by atoms with Crippen LogP contribution in [0.15, 0.2) is 23.1 Å². The Morgan fingerprint density at radius 2 is 2.03 bits per heavy atom. The van der Waals surface area contributed by atoms with Crippen molar-refractivity contribution in [2.45, 2.75) is 49.5 Å². The SMILES string of the molecule is COc1ccc(S(=O)(=O)N2CCOCC2)cc1CCC(=O)N[C@@H]1C[C@H]2CC[C@H]1C2. The summed E-state index contributed by atoms with van der Waals surface area (Å²) in [6.45, 7) is 1.53. The number of ether oxygens (including phenoxy) is 2. The van der Waals surface area contributed by atoms with Gasteiger partial charge in [-0.1, -0.05) is 6.42 Å². The largest absolute Gasteiger partial charge is 0.496 e. The van der Waals surface area contributed by atoms with Crippen molar-refractivity contribution in [3.63, 3.8) is 0 Å². The highest BCUT2D eigenvalue weighted by molar-refractivity contribution is 7.89. The topological polar surface area (TPSA) is 84.9 Å². The van der Waals surface area contributed by atoms with E-state index in [9.17, 15) is 13.2 Å². The van der Waals surface area contributed by atoms with Crippen LogP contribution in [0.2, 0.25) is 0 Å². The van der Waals surface area contributed by atoms with E-state index in [1.807, 2.05) is 0 Å². The van der Waals surface area contributed by atoms with Crippen molar-refractivity contribution in [2.75, 3.05) is 33.4 Å². The summed E-state index contributed by atoms with van der Waals surface area (Å²) in [7, 11) is -2.02. The van der Waals surface area contributed by atoms with Crippen LogP contribution in [0, 0.1) is 11.8 Å². The quantitative estimate of drug-likeness (QED) is 0.726. The van der Waals surface area contributed by atoms with Gasteiger partial charge in [-0.15, -0.1) is 0 Å². The van der Waals surface area contributed by atoms with Crippen LogP contribution < -0.4 is 10.1 Å². The normalized spacial score (nSPS) is 27.1. The van der Waals surface area contributed by atoms with E-state index in [4.69, 9.17) is 9.47 Å². The van der Waals surface area contributed by atoms with Crippen molar-refractivity contribution in [3.05, 3.63) is 23.8 Å². The number of hydrogen-bond acceptors (Lipinski definition) is 5. The number of carbonyl (C=O) groups excluding carboxylic acids is 1. The van der Waals surface area contributed by atoms with Crippen LogP contribution in [-0.2, 0) is 26.0 Å². The number of nitrogens with one attached hydrogen (secondary N) is 1. The number of amides is 1. The van der Waals surface area contributed by atoms with Crippen molar-refractivity contribution in [3.8, 4) is 5.75 Å². The maximum absolute atomic E-state index is 12.9. The number of carbonyl (C=O) groups is 1. The molecule has 3 aliphatic rings. The summed E-state index contributed by atoms with van der Waals surface area (Å²) in [6, 6.07) is 5.21. The van der Waals surface area contributed by atoms with Crippen LogP contribution in [0.4, 0.5) is 0 Å². The van der Waals surface area contributed by atoms with Gasteiger partial charge >= 0.3 is 0 Å². The Morgan fingerprint density at radius 3 is 2.69 bits per heavy atom. The van der Waals surface area contributed by atoms with E-state index in [0.717, 1.165) is 17.9 Å². The minimum Gasteiger partial charge on any atom is -0.496 e. The number of rotatable bonds is 7. The second-order valence-corrected chi connectivity index (χ2v) is 10.3. The van der Waals surface area contributed by atoms with E-state index in [1.54, 1.807) is 25.3 Å².